The predicted octanol–water partition coefficient (Wildman–Crippen LogP) is 1.63. The summed E-state index contributed by atoms with van der Waals surface area (Å²) in [4.78, 5) is 82.6. The van der Waals surface area contributed by atoms with Crippen LogP contribution in [0.5, 0.6) is 0 Å². The summed E-state index contributed by atoms with van der Waals surface area (Å²) in [5, 5.41) is 116. The van der Waals surface area contributed by atoms with E-state index in [1.165, 1.54) is 12.8 Å². The Balaban J connectivity index is -0.000000387. The fraction of sp³-hybridized carbons (Fsp3) is 0.833. The van der Waals surface area contributed by atoms with Crippen LogP contribution >= 0.6 is 0 Å². The number of rotatable bonds is 16. The Bertz CT molecular complexity index is 2480. The van der Waals surface area contributed by atoms with Crippen LogP contribution in [0.2, 0.25) is 0 Å². The molecule has 4 fully saturated rings. The number of carboxylic acids is 9. The summed E-state index contributed by atoms with van der Waals surface area (Å²) in [6.07, 6.45) is -46.5. The van der Waals surface area contributed by atoms with E-state index in [0.29, 0.717) is 6.61 Å². The van der Waals surface area contributed by atoms with Gasteiger partial charge < -0.3 is 140 Å². The number of unbranched alkanes of at least 4 members (excludes halogenated alkanes) is 5. The molecule has 0 aromatic heterocycles. The summed E-state index contributed by atoms with van der Waals surface area (Å²) in [5.74, 6) is -24.8. The lowest BCUT2D eigenvalue weighted by Crippen LogP contribution is -2.68. The molecule has 26 N–H and O–H groups in total. The molecule has 1 aliphatic carbocycles. The summed E-state index contributed by atoms with van der Waals surface area (Å²) in [7, 11) is 0. The summed E-state index contributed by atoms with van der Waals surface area (Å²) < 4.78 is 317. The number of carboxylic acid groups (broad SMARTS) is 9. The quantitative estimate of drug-likeness (QED) is 0.0771. The van der Waals surface area contributed by atoms with E-state index in [0.717, 1.165) is 97.4 Å². The van der Waals surface area contributed by atoms with E-state index in [1.807, 2.05) is 0 Å². The van der Waals surface area contributed by atoms with Crippen LogP contribution in [0.3, 0.4) is 0 Å². The number of nitrogens with zero attached hydrogens (tertiary/aromatic N) is 1. The lowest BCUT2D eigenvalue weighted by molar-refractivity contribution is -0.318. The molecule has 1 saturated carbocycles. The maximum atomic E-state index is 10.9. The molecule has 117 heavy (non-hydrogen) atoms. The number of nitrogens with one attached hydrogen (secondary N) is 3. The molecule has 0 aromatic rings. The highest BCUT2D eigenvalue weighted by atomic mass is 19.4. The molecule has 3 saturated heterocycles. The molecule has 0 unspecified atom stereocenters. The zero-order valence-corrected chi connectivity index (χ0v) is 59.2. The highest BCUT2D eigenvalue weighted by molar-refractivity contribution is 5.75. The van der Waals surface area contributed by atoms with Crippen LogP contribution < -0.4 is 44.6 Å². The SMILES string of the molecule is NC[C@H]1O[C@H](O[C@H]2[C@H](OCCCCCCCCN3CCCNCCNCCCNCC3)[C@@H](O[C@H]3O[C@H](CO)[C@@H](O)[C@H](N)[C@H]3O)[C@H](N)C[C@@H]2N)[C@H](N)C[C@@H]1O.O=C(O)C(F)(F)F.O=C(O)C(F)(F)F.O=C(O)C(F)(F)F.O=C(O)C(F)(F)F.O=C(O)C(F)(F)F.O=C(O)C(F)(F)F.O=C(O)C(F)(F)F.O=C(O)C(F)(F)F.O=C(O)C(F)(F)F. The Kier molecular flexibility index (Phi) is 58.6. The van der Waals surface area contributed by atoms with Crippen molar-refractivity contribution in [1.82, 2.24) is 20.9 Å². The first-order valence-electron chi connectivity index (χ1n) is 31.8. The van der Waals surface area contributed by atoms with Gasteiger partial charge in [0.1, 0.15) is 36.6 Å². The first-order valence-corrected chi connectivity index (χ1v) is 31.8. The van der Waals surface area contributed by atoms with Gasteiger partial charge in [0.15, 0.2) is 12.6 Å². The summed E-state index contributed by atoms with van der Waals surface area (Å²) in [6.45, 7) is 9.44. The number of aliphatic carboxylic acids is 9. The van der Waals surface area contributed by atoms with E-state index in [9.17, 15) is 139 Å². The number of hydrogen-bond donors (Lipinski definition) is 21. The number of nitrogens with two attached hydrogens (primary N) is 5. The average molecular weight is 1800 g/mol. The lowest BCUT2D eigenvalue weighted by atomic mass is 9.84. The van der Waals surface area contributed by atoms with Crippen molar-refractivity contribution < 1.29 is 252 Å². The van der Waals surface area contributed by atoms with Gasteiger partial charge in [-0.25, -0.2) is 43.2 Å². The Morgan fingerprint density at radius 1 is 0.368 bits per heavy atom. The average Bonchev–Trinajstić information content (AvgIpc) is 0.779. The van der Waals surface area contributed by atoms with Gasteiger partial charge in [0.05, 0.1) is 30.9 Å². The van der Waals surface area contributed by atoms with Crippen LogP contribution in [0.15, 0.2) is 0 Å². The van der Waals surface area contributed by atoms with Gasteiger partial charge in [-0.3, -0.25) is 0 Å². The number of alkyl halides is 27. The van der Waals surface area contributed by atoms with Gasteiger partial charge in [0, 0.05) is 51.4 Å². The smallest absolute Gasteiger partial charge is 0.475 e. The van der Waals surface area contributed by atoms with Gasteiger partial charge in [-0.2, -0.15) is 119 Å². The van der Waals surface area contributed by atoms with Gasteiger partial charge in [-0.15, -0.1) is 0 Å². The molecule has 0 amide bonds. The van der Waals surface area contributed by atoms with Crippen LogP contribution in [-0.4, -0.2) is 345 Å². The summed E-state index contributed by atoms with van der Waals surface area (Å²) in [6, 6.07) is -2.98. The second kappa shape index (κ2) is 57.0. The molecular formula is C54H84F27N9O27. The maximum Gasteiger partial charge on any atom is 0.490 e. The topological polar surface area (TPSA) is 632 Å². The van der Waals surface area contributed by atoms with Gasteiger partial charge in [-0.05, 0) is 71.2 Å². The van der Waals surface area contributed by atoms with Crippen LogP contribution in [0.1, 0.15) is 64.2 Å². The number of hydrogen-bond acceptors (Lipinski definition) is 27. The third-order valence-corrected chi connectivity index (χ3v) is 13.4. The van der Waals surface area contributed by atoms with Crippen molar-refractivity contribution in [2.75, 3.05) is 78.7 Å². The van der Waals surface area contributed by atoms with Crippen molar-refractivity contribution in [1.29, 1.82) is 0 Å². The third kappa shape index (κ3) is 60.7. The molecular weight excluding hydrogens is 1720 g/mol. The maximum absolute atomic E-state index is 10.9. The molecule has 4 aliphatic rings. The molecule has 0 radical (unpaired) electrons. The molecule has 0 spiro atoms. The molecule has 3 heterocycles. The number of aliphatic hydroxyl groups is 4. The molecule has 14 atom stereocenters. The predicted molar refractivity (Wildman–Crippen MR) is 327 cm³/mol. The van der Waals surface area contributed by atoms with Crippen LogP contribution in [0.4, 0.5) is 119 Å². The largest absolute Gasteiger partial charge is 0.490 e. The van der Waals surface area contributed by atoms with E-state index < -0.39 is 201 Å². The second-order valence-electron chi connectivity index (χ2n) is 22.8. The minimum Gasteiger partial charge on any atom is -0.475 e. The highest BCUT2D eigenvalue weighted by Gasteiger charge is 2.52. The fourth-order valence-corrected chi connectivity index (χ4v) is 7.85. The zero-order valence-electron chi connectivity index (χ0n) is 59.2. The number of carbonyl (C=O) groups is 9. The van der Waals surface area contributed by atoms with E-state index in [2.05, 4.69) is 20.9 Å². The van der Waals surface area contributed by atoms with Crippen molar-refractivity contribution >= 4 is 53.7 Å². The first-order chi connectivity index (χ1) is 52.6. The van der Waals surface area contributed by atoms with Crippen molar-refractivity contribution in [3.8, 4) is 0 Å². The zero-order chi connectivity index (χ0) is 93.6. The first kappa shape index (κ1) is 120. The standard InChI is InChI=1S/C36H75N9O9.9C2HF3O2/c37-21-27-26(47)20-25(40)35(51-27)53-32-23(38)19-24(39)33(54-36-31(49)29(41)30(48)28(22-46)52-36)34(32)50-18-6-4-2-1-3-5-15-45-16-8-11-43-13-12-42-9-7-10-44-14-17-45;9*3-2(4,5)1(6)7/h23-36,42-44,46-49H,1-22,37-41H2;9*(H,6,7)/t23-,24+,25+,26-,27+,28+,29-,30+,31+,32+,33-,34-,35+,36+;;;;;;;;;/m0........./s1. The minimum atomic E-state index is -5.08. The molecule has 3 aliphatic heterocycles. The molecule has 0 bridgehead atoms. The number of aliphatic hydroxyl groups excluding tert-OH is 4. The van der Waals surface area contributed by atoms with E-state index in [1.54, 1.807) is 0 Å². The Morgan fingerprint density at radius 2 is 0.658 bits per heavy atom. The molecule has 36 nitrogen and oxygen atoms in total. The van der Waals surface area contributed by atoms with Crippen molar-refractivity contribution in [3.05, 3.63) is 0 Å². The lowest BCUT2D eigenvalue weighted by Gasteiger charge is -2.49. The Labute approximate surface area is 638 Å². The van der Waals surface area contributed by atoms with Gasteiger partial charge in [0.25, 0.3) is 0 Å². The van der Waals surface area contributed by atoms with E-state index in [-0.39, 0.29) is 19.4 Å². The summed E-state index contributed by atoms with van der Waals surface area (Å²) in [5.41, 5.74) is 31.5. The Morgan fingerprint density at radius 3 is 0.974 bits per heavy atom. The van der Waals surface area contributed by atoms with Gasteiger partial charge >= 0.3 is 109 Å². The molecule has 0 aromatic carbocycles. The number of ether oxygens (including phenoxy) is 5. The molecule has 63 heteroatoms. The van der Waals surface area contributed by atoms with Crippen molar-refractivity contribution in [2.45, 2.75) is 205 Å². The van der Waals surface area contributed by atoms with Crippen LogP contribution in [0.25, 0.3) is 0 Å². The monoisotopic (exact) mass is 1800 g/mol. The normalized spacial score (nSPS) is 24.5. The van der Waals surface area contributed by atoms with Crippen molar-refractivity contribution in [2.24, 2.45) is 28.7 Å². The minimum absolute atomic E-state index is 0.0851. The van der Waals surface area contributed by atoms with Gasteiger partial charge in [0.2, 0.25) is 0 Å². The highest BCUT2D eigenvalue weighted by Crippen LogP contribution is 2.33. The van der Waals surface area contributed by atoms with E-state index in [4.69, 9.17) is 141 Å². The van der Waals surface area contributed by atoms with Gasteiger partial charge in [-0.1, -0.05) is 25.7 Å². The second-order valence-corrected chi connectivity index (χ2v) is 22.8. The molecule has 696 valence electrons. The number of halogens is 27. The summed E-state index contributed by atoms with van der Waals surface area (Å²) >= 11 is 0. The van der Waals surface area contributed by atoms with Crippen LogP contribution in [0, 0.1) is 0 Å². The Hall–Kier alpha value is -7.38. The van der Waals surface area contributed by atoms with Crippen molar-refractivity contribution in [3.63, 3.8) is 0 Å². The molecule has 4 rings (SSSR count). The van der Waals surface area contributed by atoms with Crippen LogP contribution in [-0.2, 0) is 66.8 Å². The van der Waals surface area contributed by atoms with E-state index >= 15 is 0 Å². The fourth-order valence-electron chi connectivity index (χ4n) is 7.85. The third-order valence-electron chi connectivity index (χ3n) is 13.4.